The third-order valence-corrected chi connectivity index (χ3v) is 6.33. The number of hydrogen-bond acceptors (Lipinski definition) is 4. The van der Waals surface area contributed by atoms with Crippen molar-refractivity contribution in [3.8, 4) is 6.07 Å². The molecular formula is C21H17BrClN3O2S. The van der Waals surface area contributed by atoms with Gasteiger partial charge >= 0.3 is 0 Å². The van der Waals surface area contributed by atoms with Gasteiger partial charge < -0.3 is 10.6 Å². The first-order valence-corrected chi connectivity index (χ1v) is 10.9. The maximum Gasteiger partial charge on any atom is 0.234 e. The summed E-state index contributed by atoms with van der Waals surface area (Å²) in [6.45, 7) is 1.88. The van der Waals surface area contributed by atoms with E-state index in [4.69, 9.17) is 11.6 Å². The van der Waals surface area contributed by atoms with Crippen LogP contribution in [0.2, 0.25) is 5.02 Å². The smallest absolute Gasteiger partial charge is 0.234 e. The molecular weight excluding hydrogens is 474 g/mol. The van der Waals surface area contributed by atoms with E-state index in [1.165, 1.54) is 0 Å². The highest BCUT2D eigenvalue weighted by molar-refractivity contribution is 9.10. The lowest BCUT2D eigenvalue weighted by Gasteiger charge is -2.25. The van der Waals surface area contributed by atoms with Crippen molar-refractivity contribution in [2.75, 3.05) is 11.1 Å². The van der Waals surface area contributed by atoms with E-state index >= 15 is 0 Å². The van der Waals surface area contributed by atoms with E-state index < -0.39 is 0 Å². The second kappa shape index (κ2) is 9.49. The summed E-state index contributed by atoms with van der Waals surface area (Å²) in [5.41, 5.74) is 2.85. The lowest BCUT2D eigenvalue weighted by atomic mass is 9.87. The number of carbonyl (C=O) groups is 2. The van der Waals surface area contributed by atoms with Crippen molar-refractivity contribution in [2.24, 2.45) is 0 Å². The molecule has 3 rings (SSSR count). The van der Waals surface area contributed by atoms with Crippen molar-refractivity contribution in [2.45, 2.75) is 19.3 Å². The number of hydrogen-bond donors (Lipinski definition) is 2. The monoisotopic (exact) mass is 489 g/mol. The minimum absolute atomic E-state index is 0.0531. The molecule has 1 heterocycles. The molecule has 5 nitrogen and oxygen atoms in total. The average molecular weight is 491 g/mol. The molecule has 1 aliphatic heterocycles. The topological polar surface area (TPSA) is 82.0 Å². The fraction of sp³-hybridized carbons (Fsp3) is 0.190. The predicted octanol–water partition coefficient (Wildman–Crippen LogP) is 5.12. The van der Waals surface area contributed by atoms with Gasteiger partial charge in [0, 0.05) is 27.5 Å². The molecule has 0 fully saturated rings. The maximum atomic E-state index is 12.3. The second-order valence-corrected chi connectivity index (χ2v) is 8.82. The van der Waals surface area contributed by atoms with Gasteiger partial charge in [0.05, 0.1) is 22.4 Å². The molecule has 29 heavy (non-hydrogen) atoms. The zero-order valence-electron chi connectivity index (χ0n) is 15.5. The van der Waals surface area contributed by atoms with Crippen molar-refractivity contribution in [1.82, 2.24) is 5.32 Å². The molecule has 2 aromatic carbocycles. The fourth-order valence-electron chi connectivity index (χ4n) is 2.95. The number of thioether (sulfide) groups is 1. The molecule has 148 valence electrons. The Morgan fingerprint density at radius 3 is 2.86 bits per heavy atom. The Kier molecular flexibility index (Phi) is 7.01. The zero-order chi connectivity index (χ0) is 21.0. The number of allylic oxidation sites excluding steroid dienone is 1. The van der Waals surface area contributed by atoms with Crippen LogP contribution in [0.1, 0.15) is 23.5 Å². The highest BCUT2D eigenvalue weighted by Crippen LogP contribution is 2.36. The van der Waals surface area contributed by atoms with Crippen LogP contribution in [0.15, 0.2) is 57.5 Å². The molecule has 1 aliphatic rings. The van der Waals surface area contributed by atoms with Crippen molar-refractivity contribution >= 4 is 56.8 Å². The van der Waals surface area contributed by atoms with Gasteiger partial charge in [0.25, 0.3) is 0 Å². The highest BCUT2D eigenvalue weighted by atomic mass is 79.9. The SMILES string of the molecule is Cc1ccc(NC(=O)CSC2=C(C#N)C(c3cccc(Br)c3)CC(=O)N2)cc1Cl. The summed E-state index contributed by atoms with van der Waals surface area (Å²) in [4.78, 5) is 24.5. The molecule has 1 unspecified atom stereocenters. The van der Waals surface area contributed by atoms with E-state index in [1.54, 1.807) is 12.1 Å². The Morgan fingerprint density at radius 1 is 1.38 bits per heavy atom. The number of carbonyl (C=O) groups excluding carboxylic acids is 2. The van der Waals surface area contributed by atoms with Gasteiger partial charge in [0.15, 0.2) is 0 Å². The molecule has 0 spiro atoms. The third kappa shape index (κ3) is 5.41. The van der Waals surface area contributed by atoms with E-state index in [2.05, 4.69) is 32.6 Å². The normalized spacial score (nSPS) is 16.2. The van der Waals surface area contributed by atoms with Crippen LogP contribution in [-0.4, -0.2) is 17.6 Å². The summed E-state index contributed by atoms with van der Waals surface area (Å²) in [7, 11) is 0. The zero-order valence-corrected chi connectivity index (χ0v) is 18.6. The van der Waals surface area contributed by atoms with Gasteiger partial charge in [0.1, 0.15) is 0 Å². The van der Waals surface area contributed by atoms with Crippen LogP contribution in [0.5, 0.6) is 0 Å². The number of rotatable bonds is 5. The molecule has 0 bridgehead atoms. The van der Waals surface area contributed by atoms with Crippen LogP contribution < -0.4 is 10.6 Å². The number of halogens is 2. The number of nitrogens with zero attached hydrogens (tertiary/aromatic N) is 1. The van der Waals surface area contributed by atoms with Crippen molar-refractivity contribution in [3.05, 3.63) is 73.7 Å². The minimum atomic E-state index is -0.340. The van der Waals surface area contributed by atoms with Gasteiger partial charge in [0.2, 0.25) is 11.8 Å². The third-order valence-electron chi connectivity index (χ3n) is 4.41. The van der Waals surface area contributed by atoms with Crippen molar-refractivity contribution in [1.29, 1.82) is 5.26 Å². The molecule has 2 amide bonds. The standard InChI is InChI=1S/C21H17BrClN3O2S/c1-12-5-6-15(8-18(12)23)25-20(28)11-29-21-17(10-24)16(9-19(27)26-21)13-3-2-4-14(22)7-13/h2-8,16H,9,11H2,1H3,(H,25,28)(H,26,27). The average Bonchev–Trinajstić information content (AvgIpc) is 2.68. The van der Waals surface area contributed by atoms with Gasteiger partial charge in [-0.15, -0.1) is 0 Å². The van der Waals surface area contributed by atoms with Crippen LogP contribution in [-0.2, 0) is 9.59 Å². The number of aryl methyl sites for hydroxylation is 1. The summed E-state index contributed by atoms with van der Waals surface area (Å²) < 4.78 is 0.878. The summed E-state index contributed by atoms with van der Waals surface area (Å²) in [6, 6.07) is 15.0. The summed E-state index contributed by atoms with van der Waals surface area (Å²) in [6.07, 6.45) is 0.192. The highest BCUT2D eigenvalue weighted by Gasteiger charge is 2.30. The minimum Gasteiger partial charge on any atom is -0.325 e. The Labute approximate surface area is 186 Å². The van der Waals surface area contributed by atoms with E-state index in [1.807, 2.05) is 37.3 Å². The first kappa shape index (κ1) is 21.4. The van der Waals surface area contributed by atoms with Crippen molar-refractivity contribution < 1.29 is 9.59 Å². The predicted molar refractivity (Wildman–Crippen MR) is 120 cm³/mol. The van der Waals surface area contributed by atoms with Crippen LogP contribution in [0.25, 0.3) is 0 Å². The second-order valence-electron chi connectivity index (χ2n) is 6.52. The quantitative estimate of drug-likeness (QED) is 0.609. The molecule has 0 aromatic heterocycles. The van der Waals surface area contributed by atoms with E-state index in [9.17, 15) is 14.9 Å². The summed E-state index contributed by atoms with van der Waals surface area (Å²) in [5.74, 6) is -0.717. The molecule has 2 N–H and O–H groups in total. The van der Waals surface area contributed by atoms with E-state index in [0.717, 1.165) is 27.4 Å². The molecule has 0 saturated carbocycles. The van der Waals surface area contributed by atoms with Gasteiger partial charge in [-0.25, -0.2) is 0 Å². The van der Waals surface area contributed by atoms with Gasteiger partial charge in [-0.3, -0.25) is 9.59 Å². The van der Waals surface area contributed by atoms with Crippen LogP contribution in [0.3, 0.4) is 0 Å². The van der Waals surface area contributed by atoms with Crippen LogP contribution in [0, 0.1) is 18.3 Å². The summed E-state index contributed by atoms with van der Waals surface area (Å²) in [5, 5.41) is 16.2. The Morgan fingerprint density at radius 2 is 2.17 bits per heavy atom. The molecule has 0 aliphatic carbocycles. The molecule has 1 atom stereocenters. The molecule has 8 heteroatoms. The molecule has 2 aromatic rings. The first-order chi connectivity index (χ1) is 13.9. The van der Waals surface area contributed by atoms with Gasteiger partial charge in [-0.05, 0) is 42.3 Å². The first-order valence-electron chi connectivity index (χ1n) is 8.75. The largest absolute Gasteiger partial charge is 0.325 e. The Hall–Kier alpha value is -2.27. The van der Waals surface area contributed by atoms with Crippen LogP contribution in [0.4, 0.5) is 5.69 Å². The summed E-state index contributed by atoms with van der Waals surface area (Å²) >= 11 is 10.6. The fourth-order valence-corrected chi connectivity index (χ4v) is 4.42. The Bertz CT molecular complexity index is 1050. The maximum absolute atomic E-state index is 12.3. The van der Waals surface area contributed by atoms with E-state index in [-0.39, 0.29) is 29.9 Å². The number of nitrogens with one attached hydrogen (secondary N) is 2. The number of nitriles is 1. The number of anilines is 1. The number of amides is 2. The lowest BCUT2D eigenvalue weighted by molar-refractivity contribution is -0.121. The van der Waals surface area contributed by atoms with Crippen molar-refractivity contribution in [3.63, 3.8) is 0 Å². The van der Waals surface area contributed by atoms with Gasteiger partial charge in [-0.2, -0.15) is 5.26 Å². The van der Waals surface area contributed by atoms with E-state index in [0.29, 0.717) is 21.3 Å². The lowest BCUT2D eigenvalue weighted by Crippen LogP contribution is -2.31. The van der Waals surface area contributed by atoms with Gasteiger partial charge in [-0.1, -0.05) is 57.5 Å². The molecule has 0 radical (unpaired) electrons. The molecule has 0 saturated heterocycles. The Balaban J connectivity index is 1.75. The number of benzene rings is 2. The van der Waals surface area contributed by atoms with Crippen LogP contribution >= 0.6 is 39.3 Å².